The Morgan fingerprint density at radius 2 is 1.50 bits per heavy atom. The number of esters is 1. The van der Waals surface area contributed by atoms with E-state index in [1.54, 1.807) is 34.6 Å². The third-order valence-corrected chi connectivity index (χ3v) is 2.75. The lowest BCUT2D eigenvalue weighted by molar-refractivity contribution is -0.180. The molecule has 0 aromatic rings. The minimum Gasteiger partial charge on any atom is -0.457 e. The molecule has 0 rings (SSSR count). The molecule has 0 unspecified atom stereocenters. The summed E-state index contributed by atoms with van der Waals surface area (Å²) in [6.45, 7) is 10.00. The van der Waals surface area contributed by atoms with Gasteiger partial charge in [0, 0.05) is 0 Å². The molecule has 4 atom stereocenters. The molecule has 0 radical (unpaired) electrons. The molecular weight excluding hydrogens is 236 g/mol. The minimum atomic E-state index is -1.33. The highest BCUT2D eigenvalue weighted by Gasteiger charge is 2.38. The zero-order valence-corrected chi connectivity index (χ0v) is 12.0. The van der Waals surface area contributed by atoms with E-state index in [1.807, 2.05) is 0 Å². The summed E-state index contributed by atoms with van der Waals surface area (Å²) in [5, 5.41) is 29.6. The smallest absolute Gasteiger partial charge is 0.308 e. The molecule has 0 aliphatic heterocycles. The van der Waals surface area contributed by atoms with E-state index < -0.39 is 35.8 Å². The van der Waals surface area contributed by atoms with Crippen LogP contribution in [-0.4, -0.2) is 45.7 Å². The highest BCUT2D eigenvalue weighted by molar-refractivity contribution is 5.71. The molecule has 0 aliphatic carbocycles. The standard InChI is InChI=1S/C13H26O5/c1-7(2)12(17)18-10(8(3)14)9(15)11(16)13(4,5)6/h7-11,14-16H,1-6H3/t8-,9-,10-,11+/m1/s1. The molecule has 18 heavy (non-hydrogen) atoms. The fraction of sp³-hybridized carbons (Fsp3) is 0.923. The average Bonchev–Trinajstić information content (AvgIpc) is 2.21. The van der Waals surface area contributed by atoms with E-state index in [1.165, 1.54) is 6.92 Å². The first-order valence-corrected chi connectivity index (χ1v) is 6.23. The van der Waals surface area contributed by atoms with Crippen molar-refractivity contribution in [1.82, 2.24) is 0 Å². The number of hydrogen-bond acceptors (Lipinski definition) is 5. The lowest BCUT2D eigenvalue weighted by atomic mass is 9.83. The Kier molecular flexibility index (Phi) is 6.26. The van der Waals surface area contributed by atoms with Gasteiger partial charge in [-0.15, -0.1) is 0 Å². The fourth-order valence-corrected chi connectivity index (χ4v) is 1.42. The van der Waals surface area contributed by atoms with E-state index in [4.69, 9.17) is 4.74 Å². The Balaban J connectivity index is 4.86. The van der Waals surface area contributed by atoms with E-state index >= 15 is 0 Å². The van der Waals surface area contributed by atoms with Gasteiger partial charge < -0.3 is 20.1 Å². The summed E-state index contributed by atoms with van der Waals surface area (Å²) >= 11 is 0. The quantitative estimate of drug-likeness (QED) is 0.635. The van der Waals surface area contributed by atoms with E-state index in [-0.39, 0.29) is 5.92 Å². The van der Waals surface area contributed by atoms with Crippen molar-refractivity contribution < 1.29 is 24.9 Å². The summed E-state index contributed by atoms with van der Waals surface area (Å²) < 4.78 is 5.05. The van der Waals surface area contributed by atoms with Gasteiger partial charge in [0.25, 0.3) is 0 Å². The molecule has 108 valence electrons. The molecule has 0 bridgehead atoms. The summed E-state index contributed by atoms with van der Waals surface area (Å²) in [6, 6.07) is 0. The molecule has 0 saturated carbocycles. The molecule has 3 N–H and O–H groups in total. The summed E-state index contributed by atoms with van der Waals surface area (Å²) in [5.41, 5.74) is -0.573. The molecule has 0 aromatic carbocycles. The van der Waals surface area contributed by atoms with Gasteiger partial charge in [-0.1, -0.05) is 34.6 Å². The summed E-state index contributed by atoms with van der Waals surface area (Å²) in [5.74, 6) is -0.869. The van der Waals surface area contributed by atoms with Crippen LogP contribution in [0.15, 0.2) is 0 Å². The maximum atomic E-state index is 11.5. The van der Waals surface area contributed by atoms with Crippen LogP contribution in [0.1, 0.15) is 41.5 Å². The molecule has 0 aromatic heterocycles. The van der Waals surface area contributed by atoms with Gasteiger partial charge in [0.2, 0.25) is 0 Å². The van der Waals surface area contributed by atoms with Crippen LogP contribution < -0.4 is 0 Å². The van der Waals surface area contributed by atoms with E-state index in [0.717, 1.165) is 0 Å². The second kappa shape index (κ2) is 6.50. The highest BCUT2D eigenvalue weighted by Crippen LogP contribution is 2.25. The van der Waals surface area contributed by atoms with Crippen LogP contribution >= 0.6 is 0 Å². The number of carbonyl (C=O) groups excluding carboxylic acids is 1. The third kappa shape index (κ3) is 4.92. The number of aliphatic hydroxyl groups excluding tert-OH is 3. The predicted octanol–water partition coefficient (Wildman–Crippen LogP) is 0.703. The highest BCUT2D eigenvalue weighted by atomic mass is 16.6. The van der Waals surface area contributed by atoms with Crippen LogP contribution in [0.25, 0.3) is 0 Å². The number of hydrogen-bond donors (Lipinski definition) is 3. The first kappa shape index (κ1) is 17.4. The molecule has 0 heterocycles. The van der Waals surface area contributed by atoms with Gasteiger partial charge in [-0.3, -0.25) is 4.79 Å². The molecule has 0 saturated heterocycles. The Morgan fingerprint density at radius 3 is 1.78 bits per heavy atom. The molecule has 0 spiro atoms. The molecule has 0 aliphatic rings. The topological polar surface area (TPSA) is 87.0 Å². The Hall–Kier alpha value is -0.650. The molecule has 5 nitrogen and oxygen atoms in total. The van der Waals surface area contributed by atoms with Crippen LogP contribution in [0.2, 0.25) is 0 Å². The molecule has 5 heteroatoms. The normalized spacial score (nSPS) is 19.2. The van der Waals surface area contributed by atoms with E-state index in [2.05, 4.69) is 0 Å². The molecular formula is C13H26O5. The van der Waals surface area contributed by atoms with Gasteiger partial charge >= 0.3 is 5.97 Å². The average molecular weight is 262 g/mol. The minimum absolute atomic E-state index is 0.356. The van der Waals surface area contributed by atoms with Crippen molar-refractivity contribution in [2.75, 3.05) is 0 Å². The Labute approximate surface area is 109 Å². The van der Waals surface area contributed by atoms with Crippen molar-refractivity contribution in [3.05, 3.63) is 0 Å². The van der Waals surface area contributed by atoms with Gasteiger partial charge in [-0.2, -0.15) is 0 Å². The number of rotatable bonds is 5. The lowest BCUT2D eigenvalue weighted by Gasteiger charge is -2.35. The summed E-state index contributed by atoms with van der Waals surface area (Å²) in [6.07, 6.45) is -4.61. The lowest BCUT2D eigenvalue weighted by Crippen LogP contribution is -2.50. The van der Waals surface area contributed by atoms with Crippen molar-refractivity contribution in [1.29, 1.82) is 0 Å². The first-order chi connectivity index (χ1) is 7.98. The van der Waals surface area contributed by atoms with Crippen LogP contribution in [0, 0.1) is 11.3 Å². The predicted molar refractivity (Wildman–Crippen MR) is 67.9 cm³/mol. The Bertz CT molecular complexity index is 267. The number of carbonyl (C=O) groups is 1. The van der Waals surface area contributed by atoms with Crippen molar-refractivity contribution in [3.63, 3.8) is 0 Å². The summed E-state index contributed by atoms with van der Waals surface area (Å²) in [7, 11) is 0. The van der Waals surface area contributed by atoms with Gasteiger partial charge in [0.15, 0.2) is 6.10 Å². The van der Waals surface area contributed by atoms with Crippen molar-refractivity contribution in [2.24, 2.45) is 11.3 Å². The fourth-order valence-electron chi connectivity index (χ4n) is 1.42. The molecule has 0 fully saturated rings. The van der Waals surface area contributed by atoms with Gasteiger partial charge in [-0.25, -0.2) is 0 Å². The second-order valence-electron chi connectivity index (χ2n) is 6.10. The van der Waals surface area contributed by atoms with Crippen molar-refractivity contribution >= 4 is 5.97 Å². The first-order valence-electron chi connectivity index (χ1n) is 6.23. The maximum Gasteiger partial charge on any atom is 0.308 e. The SMILES string of the molecule is CC(C)C(=O)O[C@@H]([C@@H](O)[C@H](O)C(C)(C)C)[C@@H](C)O. The van der Waals surface area contributed by atoms with Gasteiger partial charge in [0.1, 0.15) is 6.10 Å². The number of ether oxygens (including phenoxy) is 1. The van der Waals surface area contributed by atoms with Gasteiger partial charge in [-0.05, 0) is 12.3 Å². The van der Waals surface area contributed by atoms with Gasteiger partial charge in [0.05, 0.1) is 18.1 Å². The van der Waals surface area contributed by atoms with Crippen LogP contribution in [0.3, 0.4) is 0 Å². The van der Waals surface area contributed by atoms with E-state index in [9.17, 15) is 20.1 Å². The van der Waals surface area contributed by atoms with Crippen LogP contribution in [0.4, 0.5) is 0 Å². The zero-order valence-electron chi connectivity index (χ0n) is 12.0. The monoisotopic (exact) mass is 262 g/mol. The third-order valence-electron chi connectivity index (χ3n) is 2.75. The van der Waals surface area contributed by atoms with Crippen LogP contribution in [-0.2, 0) is 9.53 Å². The van der Waals surface area contributed by atoms with Crippen molar-refractivity contribution in [3.8, 4) is 0 Å². The van der Waals surface area contributed by atoms with Crippen molar-refractivity contribution in [2.45, 2.75) is 66.0 Å². The largest absolute Gasteiger partial charge is 0.457 e. The Morgan fingerprint density at radius 1 is 1.06 bits per heavy atom. The van der Waals surface area contributed by atoms with E-state index in [0.29, 0.717) is 0 Å². The second-order valence-corrected chi connectivity index (χ2v) is 6.10. The zero-order chi connectivity index (χ0) is 14.7. The summed E-state index contributed by atoms with van der Waals surface area (Å²) in [4.78, 5) is 11.5. The maximum absolute atomic E-state index is 11.5. The van der Waals surface area contributed by atoms with Crippen LogP contribution in [0.5, 0.6) is 0 Å². The number of aliphatic hydroxyl groups is 3. The molecule has 0 amide bonds.